The van der Waals surface area contributed by atoms with Crippen molar-refractivity contribution < 1.29 is 23.7 Å². The molecule has 0 aliphatic carbocycles. The van der Waals surface area contributed by atoms with E-state index in [9.17, 15) is 10.1 Å². The van der Waals surface area contributed by atoms with E-state index in [0.29, 0.717) is 34.2 Å². The Morgan fingerprint density at radius 2 is 1.94 bits per heavy atom. The number of hydrogen-bond donors (Lipinski definition) is 1. The van der Waals surface area contributed by atoms with Crippen LogP contribution in [0.4, 0.5) is 5.69 Å². The van der Waals surface area contributed by atoms with E-state index < -0.39 is 5.91 Å². The molecule has 1 heterocycles. The Labute approximate surface area is 195 Å². The normalized spacial score (nSPS) is 12.1. The van der Waals surface area contributed by atoms with Gasteiger partial charge in [-0.05, 0) is 53.6 Å². The molecule has 166 valence electrons. The topological polar surface area (TPSA) is 89.8 Å². The summed E-state index contributed by atoms with van der Waals surface area (Å²) >= 11 is 6.45. The lowest BCUT2D eigenvalue weighted by Crippen LogP contribution is -2.13. The second kappa shape index (κ2) is 9.98. The lowest BCUT2D eigenvalue weighted by molar-refractivity contribution is -0.112. The van der Waals surface area contributed by atoms with Gasteiger partial charge in [0.15, 0.2) is 23.0 Å². The van der Waals surface area contributed by atoms with E-state index in [1.54, 1.807) is 36.4 Å². The Balaban J connectivity index is 1.52. The summed E-state index contributed by atoms with van der Waals surface area (Å²) in [7, 11) is 1.49. The maximum atomic E-state index is 12.5. The van der Waals surface area contributed by atoms with Crippen LogP contribution in [0, 0.1) is 11.3 Å². The van der Waals surface area contributed by atoms with Crippen molar-refractivity contribution in [1.82, 2.24) is 0 Å². The maximum absolute atomic E-state index is 12.5. The molecule has 0 saturated heterocycles. The number of carbonyl (C=O) groups is 1. The van der Waals surface area contributed by atoms with Crippen molar-refractivity contribution in [1.29, 1.82) is 5.26 Å². The summed E-state index contributed by atoms with van der Waals surface area (Å²) in [5.74, 6) is 1.54. The van der Waals surface area contributed by atoms with Gasteiger partial charge in [0.1, 0.15) is 18.2 Å². The van der Waals surface area contributed by atoms with Crippen LogP contribution in [0.25, 0.3) is 6.08 Å². The van der Waals surface area contributed by atoms with E-state index in [2.05, 4.69) is 5.32 Å². The Morgan fingerprint density at radius 1 is 1.15 bits per heavy atom. The second-order valence-electron chi connectivity index (χ2n) is 7.00. The van der Waals surface area contributed by atoms with E-state index in [-0.39, 0.29) is 24.0 Å². The van der Waals surface area contributed by atoms with E-state index in [0.717, 1.165) is 5.56 Å². The van der Waals surface area contributed by atoms with Crippen LogP contribution in [0.15, 0.2) is 66.2 Å². The molecule has 0 fully saturated rings. The SMILES string of the molecule is COc1cc(/C=C(/C#N)C(=O)Nc2ccccc2)cc(Cl)c1OCc1ccc2c(c1)OCO2. The molecule has 0 radical (unpaired) electrons. The number of hydrogen-bond acceptors (Lipinski definition) is 6. The van der Waals surface area contributed by atoms with E-state index >= 15 is 0 Å². The summed E-state index contributed by atoms with van der Waals surface area (Å²) in [6.45, 7) is 0.424. The molecule has 1 aliphatic rings. The molecule has 4 rings (SSSR count). The highest BCUT2D eigenvalue weighted by Gasteiger charge is 2.16. The van der Waals surface area contributed by atoms with Crippen LogP contribution in [0.3, 0.4) is 0 Å². The van der Waals surface area contributed by atoms with E-state index in [4.69, 9.17) is 30.5 Å². The minimum Gasteiger partial charge on any atom is -0.493 e. The van der Waals surface area contributed by atoms with Gasteiger partial charge in [-0.2, -0.15) is 5.26 Å². The Kier molecular flexibility index (Phi) is 6.67. The predicted octanol–water partition coefficient (Wildman–Crippen LogP) is 5.20. The number of rotatable bonds is 7. The number of benzene rings is 3. The molecule has 1 amide bonds. The van der Waals surface area contributed by atoms with Crippen molar-refractivity contribution in [2.24, 2.45) is 0 Å². The number of ether oxygens (including phenoxy) is 4. The largest absolute Gasteiger partial charge is 0.493 e. The minimum atomic E-state index is -0.526. The number of nitrogens with zero attached hydrogens (tertiary/aromatic N) is 1. The number of methoxy groups -OCH3 is 1. The molecular weight excluding hydrogens is 444 g/mol. The average Bonchev–Trinajstić information content (AvgIpc) is 3.30. The van der Waals surface area contributed by atoms with Crippen LogP contribution in [-0.4, -0.2) is 19.8 Å². The molecule has 8 heteroatoms. The Bertz CT molecular complexity index is 1250. The fourth-order valence-electron chi connectivity index (χ4n) is 3.18. The molecule has 1 aliphatic heterocycles. The second-order valence-corrected chi connectivity index (χ2v) is 7.41. The number of fused-ring (bicyclic) bond motifs is 1. The van der Waals surface area contributed by atoms with Crippen LogP contribution in [-0.2, 0) is 11.4 Å². The number of carbonyl (C=O) groups excluding carboxylic acids is 1. The third-order valence-electron chi connectivity index (χ3n) is 4.78. The first-order valence-corrected chi connectivity index (χ1v) is 10.3. The summed E-state index contributed by atoms with van der Waals surface area (Å²) in [6, 6.07) is 19.6. The van der Waals surface area contributed by atoms with Crippen LogP contribution in [0.5, 0.6) is 23.0 Å². The van der Waals surface area contributed by atoms with Crippen molar-refractivity contribution in [2.75, 3.05) is 19.2 Å². The third-order valence-corrected chi connectivity index (χ3v) is 5.06. The van der Waals surface area contributed by atoms with Gasteiger partial charge >= 0.3 is 0 Å². The third kappa shape index (κ3) is 5.20. The molecule has 3 aromatic carbocycles. The van der Waals surface area contributed by atoms with Crippen molar-refractivity contribution in [3.05, 3.63) is 82.4 Å². The molecule has 3 aromatic rings. The molecule has 0 atom stereocenters. The number of nitrogens with one attached hydrogen (secondary N) is 1. The zero-order valence-corrected chi connectivity index (χ0v) is 18.4. The zero-order chi connectivity index (χ0) is 23.2. The minimum absolute atomic E-state index is 0.0778. The van der Waals surface area contributed by atoms with E-state index in [1.807, 2.05) is 30.3 Å². The lowest BCUT2D eigenvalue weighted by Gasteiger charge is -2.14. The summed E-state index contributed by atoms with van der Waals surface area (Å²) in [5.41, 5.74) is 1.90. The highest BCUT2D eigenvalue weighted by molar-refractivity contribution is 6.32. The molecular formula is C25H19ClN2O5. The van der Waals surface area contributed by atoms with Gasteiger partial charge in [-0.25, -0.2) is 0 Å². The van der Waals surface area contributed by atoms with Gasteiger partial charge in [0.05, 0.1) is 12.1 Å². The van der Waals surface area contributed by atoms with Crippen molar-refractivity contribution in [2.45, 2.75) is 6.61 Å². The van der Waals surface area contributed by atoms with Gasteiger partial charge in [0, 0.05) is 5.69 Å². The average molecular weight is 463 g/mol. The number of amides is 1. The molecule has 7 nitrogen and oxygen atoms in total. The van der Waals surface area contributed by atoms with Gasteiger partial charge in [-0.1, -0.05) is 35.9 Å². The van der Waals surface area contributed by atoms with Crippen LogP contribution >= 0.6 is 11.6 Å². The van der Waals surface area contributed by atoms with Gasteiger partial charge in [-0.15, -0.1) is 0 Å². The van der Waals surface area contributed by atoms with Crippen LogP contribution < -0.4 is 24.3 Å². The van der Waals surface area contributed by atoms with Crippen LogP contribution in [0.1, 0.15) is 11.1 Å². The molecule has 0 spiro atoms. The van der Waals surface area contributed by atoms with Gasteiger partial charge in [0.2, 0.25) is 6.79 Å². The molecule has 0 saturated carbocycles. The number of nitriles is 1. The highest BCUT2D eigenvalue weighted by atomic mass is 35.5. The molecule has 1 N–H and O–H groups in total. The number of anilines is 1. The summed E-state index contributed by atoms with van der Waals surface area (Å²) < 4.78 is 22.0. The van der Waals surface area contributed by atoms with Gasteiger partial charge in [-0.3, -0.25) is 4.79 Å². The Morgan fingerprint density at radius 3 is 2.70 bits per heavy atom. The van der Waals surface area contributed by atoms with Gasteiger partial charge in [0.25, 0.3) is 5.91 Å². The summed E-state index contributed by atoms with van der Waals surface area (Å²) in [4.78, 5) is 12.5. The fourth-order valence-corrected chi connectivity index (χ4v) is 3.46. The quantitative estimate of drug-likeness (QED) is 0.383. The number of halogens is 1. The summed E-state index contributed by atoms with van der Waals surface area (Å²) in [5, 5.41) is 12.4. The lowest BCUT2D eigenvalue weighted by atomic mass is 10.1. The predicted molar refractivity (Wildman–Crippen MR) is 124 cm³/mol. The van der Waals surface area contributed by atoms with Crippen molar-refractivity contribution >= 4 is 29.3 Å². The number of para-hydroxylation sites is 1. The first kappa shape index (κ1) is 22.1. The molecule has 33 heavy (non-hydrogen) atoms. The standard InChI is InChI=1S/C25H19ClN2O5/c1-30-23-12-17(9-18(13-27)25(29)28-19-5-3-2-4-6-19)10-20(26)24(23)31-14-16-7-8-21-22(11-16)33-15-32-21/h2-12H,14-15H2,1H3,(H,28,29)/b18-9-. The van der Waals surface area contributed by atoms with Gasteiger partial charge < -0.3 is 24.3 Å². The maximum Gasteiger partial charge on any atom is 0.266 e. The van der Waals surface area contributed by atoms with Crippen molar-refractivity contribution in [3.63, 3.8) is 0 Å². The Hall–Kier alpha value is -4.15. The molecule has 0 bridgehead atoms. The molecule has 0 aromatic heterocycles. The zero-order valence-electron chi connectivity index (χ0n) is 17.6. The first-order valence-electron chi connectivity index (χ1n) is 9.94. The monoisotopic (exact) mass is 462 g/mol. The van der Waals surface area contributed by atoms with Crippen molar-refractivity contribution in [3.8, 4) is 29.1 Å². The first-order chi connectivity index (χ1) is 16.1. The molecule has 0 unspecified atom stereocenters. The smallest absolute Gasteiger partial charge is 0.266 e. The van der Waals surface area contributed by atoms with E-state index in [1.165, 1.54) is 13.2 Å². The summed E-state index contributed by atoms with van der Waals surface area (Å²) in [6.07, 6.45) is 1.44. The fraction of sp³-hybridized carbons (Fsp3) is 0.120. The highest BCUT2D eigenvalue weighted by Crippen LogP contribution is 2.38. The van der Waals surface area contributed by atoms with Crippen LogP contribution in [0.2, 0.25) is 5.02 Å².